The summed E-state index contributed by atoms with van der Waals surface area (Å²) in [5.74, 6) is 0. The van der Waals surface area contributed by atoms with Crippen LogP contribution in [0.2, 0.25) is 0 Å². The minimum atomic E-state index is -0.326. The van der Waals surface area contributed by atoms with E-state index in [9.17, 15) is 9.59 Å². The number of fused-ring (bicyclic) bond motifs is 1. The maximum atomic E-state index is 12.2. The smallest absolute Gasteiger partial charge is 0.321 e. The second kappa shape index (κ2) is 4.52. The summed E-state index contributed by atoms with van der Waals surface area (Å²) in [6, 6.07) is 5.17. The number of H-pyrrole nitrogens is 1. The Hall–Kier alpha value is -2.30. The number of nitrogens with one attached hydrogen (secondary N) is 2. The predicted octanol–water partition coefficient (Wildman–Crippen LogP) is 1.93. The lowest BCUT2D eigenvalue weighted by atomic mass is 10.1. The molecule has 0 aliphatic carbocycles. The summed E-state index contributed by atoms with van der Waals surface area (Å²) >= 11 is 0. The molecule has 94 valence electrons. The Kier molecular flexibility index (Phi) is 3.06. The number of aromatic nitrogens is 1. The average Bonchev–Trinajstić information content (AvgIpc) is 2.33. The molecule has 0 unspecified atom stereocenters. The highest BCUT2D eigenvalue weighted by Gasteiger charge is 2.10. The van der Waals surface area contributed by atoms with Crippen LogP contribution in [0, 0.1) is 6.92 Å². The van der Waals surface area contributed by atoms with Crippen LogP contribution in [0.25, 0.3) is 10.9 Å². The van der Waals surface area contributed by atoms with Crippen molar-refractivity contribution >= 4 is 22.6 Å². The van der Waals surface area contributed by atoms with Crippen molar-refractivity contribution < 1.29 is 4.79 Å². The first-order valence-electron chi connectivity index (χ1n) is 5.60. The van der Waals surface area contributed by atoms with Gasteiger partial charge in [-0.3, -0.25) is 4.79 Å². The molecular weight excluding hydrogens is 230 g/mol. The standard InChI is InChI=1S/C13H15N3O2/c1-8-5-4-6-9-11(8)14-7-10(12(9)17)15-13(18)16(2)3/h4-7H,1-3H3,(H,14,17)(H,15,18). The third-order valence-electron chi connectivity index (χ3n) is 2.77. The number of aromatic amines is 1. The maximum absolute atomic E-state index is 12.2. The van der Waals surface area contributed by atoms with E-state index in [2.05, 4.69) is 10.3 Å². The molecule has 0 aliphatic rings. The van der Waals surface area contributed by atoms with E-state index in [1.165, 1.54) is 11.1 Å². The number of carbonyl (C=O) groups is 1. The van der Waals surface area contributed by atoms with Gasteiger partial charge in [0.05, 0.1) is 5.52 Å². The van der Waals surface area contributed by atoms with Gasteiger partial charge in [0.1, 0.15) is 5.69 Å². The lowest BCUT2D eigenvalue weighted by Crippen LogP contribution is -2.29. The summed E-state index contributed by atoms with van der Waals surface area (Å²) < 4.78 is 0. The minimum Gasteiger partial charge on any atom is -0.359 e. The molecule has 2 aromatic rings. The molecule has 0 bridgehead atoms. The number of amides is 2. The molecule has 0 saturated carbocycles. The molecule has 0 saturated heterocycles. The molecule has 0 radical (unpaired) electrons. The molecule has 18 heavy (non-hydrogen) atoms. The third-order valence-corrected chi connectivity index (χ3v) is 2.77. The fourth-order valence-electron chi connectivity index (χ4n) is 1.72. The van der Waals surface area contributed by atoms with E-state index in [-0.39, 0.29) is 17.1 Å². The number of aryl methyl sites for hydroxylation is 1. The van der Waals surface area contributed by atoms with Crippen LogP contribution in [0.5, 0.6) is 0 Å². The minimum absolute atomic E-state index is 0.178. The number of nitrogens with zero attached hydrogens (tertiary/aromatic N) is 1. The number of anilines is 1. The van der Waals surface area contributed by atoms with E-state index in [1.807, 2.05) is 19.1 Å². The highest BCUT2D eigenvalue weighted by molar-refractivity contribution is 5.92. The van der Waals surface area contributed by atoms with Crippen molar-refractivity contribution in [2.75, 3.05) is 19.4 Å². The number of urea groups is 1. The molecule has 5 heteroatoms. The molecule has 0 fully saturated rings. The Morgan fingerprint density at radius 2 is 2.06 bits per heavy atom. The summed E-state index contributed by atoms with van der Waals surface area (Å²) in [6.07, 6.45) is 1.53. The van der Waals surface area contributed by atoms with E-state index in [0.717, 1.165) is 11.1 Å². The van der Waals surface area contributed by atoms with Crippen LogP contribution in [-0.4, -0.2) is 30.0 Å². The molecule has 2 N–H and O–H groups in total. The molecule has 0 aliphatic heterocycles. The zero-order valence-corrected chi connectivity index (χ0v) is 10.6. The van der Waals surface area contributed by atoms with Crippen LogP contribution in [0.4, 0.5) is 10.5 Å². The Morgan fingerprint density at radius 1 is 1.33 bits per heavy atom. The average molecular weight is 245 g/mol. The lowest BCUT2D eigenvalue weighted by Gasteiger charge is -2.12. The molecule has 0 atom stereocenters. The zero-order valence-electron chi connectivity index (χ0n) is 10.6. The van der Waals surface area contributed by atoms with Crippen molar-refractivity contribution in [2.45, 2.75) is 6.92 Å². The Morgan fingerprint density at radius 3 is 2.72 bits per heavy atom. The van der Waals surface area contributed by atoms with E-state index in [1.54, 1.807) is 20.2 Å². The van der Waals surface area contributed by atoms with E-state index in [0.29, 0.717) is 5.39 Å². The third kappa shape index (κ3) is 2.07. The largest absolute Gasteiger partial charge is 0.359 e. The van der Waals surface area contributed by atoms with Crippen molar-refractivity contribution in [2.24, 2.45) is 0 Å². The Bertz CT molecular complexity index is 659. The number of pyridine rings is 1. The van der Waals surface area contributed by atoms with Crippen LogP contribution in [-0.2, 0) is 0 Å². The number of hydrogen-bond acceptors (Lipinski definition) is 2. The number of para-hydroxylation sites is 1. The van der Waals surface area contributed by atoms with Crippen LogP contribution >= 0.6 is 0 Å². The summed E-state index contributed by atoms with van der Waals surface area (Å²) in [6.45, 7) is 1.93. The van der Waals surface area contributed by atoms with Crippen molar-refractivity contribution in [1.29, 1.82) is 0 Å². The van der Waals surface area contributed by atoms with Crippen LogP contribution in [0.15, 0.2) is 29.2 Å². The molecule has 5 nitrogen and oxygen atoms in total. The summed E-state index contributed by atoms with van der Waals surface area (Å²) in [4.78, 5) is 28.1. The lowest BCUT2D eigenvalue weighted by molar-refractivity contribution is 0.230. The van der Waals surface area contributed by atoms with E-state index >= 15 is 0 Å². The van der Waals surface area contributed by atoms with Crippen LogP contribution in [0.1, 0.15) is 5.56 Å². The first-order valence-corrected chi connectivity index (χ1v) is 5.60. The second-order valence-electron chi connectivity index (χ2n) is 4.35. The van der Waals surface area contributed by atoms with Crippen LogP contribution in [0.3, 0.4) is 0 Å². The second-order valence-corrected chi connectivity index (χ2v) is 4.35. The molecule has 2 amide bonds. The number of benzene rings is 1. The Labute approximate surface area is 104 Å². The SMILES string of the molecule is Cc1cccc2c(=O)c(NC(=O)N(C)C)c[nH]c12. The first kappa shape index (κ1) is 12.2. The normalized spacial score (nSPS) is 10.4. The van der Waals surface area contributed by atoms with Gasteiger partial charge in [0.15, 0.2) is 0 Å². The summed E-state index contributed by atoms with van der Waals surface area (Å²) in [5, 5.41) is 3.14. The number of carbonyl (C=O) groups excluding carboxylic acids is 1. The van der Waals surface area contributed by atoms with Gasteiger partial charge < -0.3 is 15.2 Å². The van der Waals surface area contributed by atoms with Crippen molar-refractivity contribution in [3.63, 3.8) is 0 Å². The molecule has 1 aromatic carbocycles. The van der Waals surface area contributed by atoms with Gasteiger partial charge in [-0.25, -0.2) is 4.79 Å². The van der Waals surface area contributed by atoms with Gasteiger partial charge in [-0.2, -0.15) is 0 Å². The highest BCUT2D eigenvalue weighted by Crippen LogP contribution is 2.14. The van der Waals surface area contributed by atoms with Gasteiger partial charge in [0, 0.05) is 25.7 Å². The molecule has 0 spiro atoms. The van der Waals surface area contributed by atoms with Gasteiger partial charge in [0.2, 0.25) is 5.43 Å². The number of hydrogen-bond donors (Lipinski definition) is 2. The van der Waals surface area contributed by atoms with Gasteiger partial charge in [0.25, 0.3) is 0 Å². The van der Waals surface area contributed by atoms with E-state index < -0.39 is 0 Å². The quantitative estimate of drug-likeness (QED) is 0.806. The summed E-state index contributed by atoms with van der Waals surface area (Å²) in [7, 11) is 3.24. The van der Waals surface area contributed by atoms with Crippen LogP contribution < -0.4 is 10.7 Å². The molecule has 2 rings (SSSR count). The highest BCUT2D eigenvalue weighted by atomic mass is 16.2. The zero-order chi connectivity index (χ0) is 13.3. The fraction of sp³-hybridized carbons (Fsp3) is 0.231. The maximum Gasteiger partial charge on any atom is 0.321 e. The van der Waals surface area contributed by atoms with Crippen molar-refractivity contribution in [3.8, 4) is 0 Å². The van der Waals surface area contributed by atoms with Gasteiger partial charge in [-0.15, -0.1) is 0 Å². The first-order chi connectivity index (χ1) is 8.50. The topological polar surface area (TPSA) is 65.2 Å². The molecule has 1 heterocycles. The number of rotatable bonds is 1. The fourth-order valence-corrected chi connectivity index (χ4v) is 1.72. The van der Waals surface area contributed by atoms with Crippen molar-refractivity contribution in [3.05, 3.63) is 40.2 Å². The van der Waals surface area contributed by atoms with E-state index in [4.69, 9.17) is 0 Å². The summed E-state index contributed by atoms with van der Waals surface area (Å²) in [5.41, 5.74) is 1.87. The predicted molar refractivity (Wildman–Crippen MR) is 72.0 cm³/mol. The molecular formula is C13H15N3O2. The van der Waals surface area contributed by atoms with Crippen molar-refractivity contribution in [1.82, 2.24) is 9.88 Å². The molecule has 1 aromatic heterocycles. The Balaban J connectivity index is 2.53. The van der Waals surface area contributed by atoms with Gasteiger partial charge in [-0.05, 0) is 18.6 Å². The monoisotopic (exact) mass is 245 g/mol. The van der Waals surface area contributed by atoms with Gasteiger partial charge in [-0.1, -0.05) is 12.1 Å². The van der Waals surface area contributed by atoms with Gasteiger partial charge >= 0.3 is 6.03 Å².